The highest BCUT2D eigenvalue weighted by molar-refractivity contribution is 5.85. The normalized spacial score (nSPS) is 17.2. The smallest absolute Gasteiger partial charge is 0.165 e. The average Bonchev–Trinajstić information content (AvgIpc) is 2.35. The molecule has 0 spiro atoms. The topological polar surface area (TPSA) is 35.5 Å². The average molecular weight is 315 g/mol. The van der Waals surface area contributed by atoms with Gasteiger partial charge in [0.15, 0.2) is 11.6 Å². The molecule has 7 heteroatoms. The standard InChI is InChI=1S/C12H16F2N2O.2ClH/c1-8(16-6-4-15-5-7-16)11-9(13)2-3-10(14)12(11)17;;/h2-3,8,15,17H,4-7H2,1H3;2*1H/t8-;;/m0../s1. The van der Waals surface area contributed by atoms with Gasteiger partial charge in [-0.3, -0.25) is 4.90 Å². The van der Waals surface area contributed by atoms with E-state index >= 15 is 0 Å². The van der Waals surface area contributed by atoms with E-state index in [0.29, 0.717) is 0 Å². The second-order valence-electron chi connectivity index (χ2n) is 4.25. The van der Waals surface area contributed by atoms with Crippen molar-refractivity contribution in [2.75, 3.05) is 26.2 Å². The molecule has 1 saturated heterocycles. The van der Waals surface area contributed by atoms with E-state index < -0.39 is 17.4 Å². The summed E-state index contributed by atoms with van der Waals surface area (Å²) < 4.78 is 26.9. The maximum absolute atomic E-state index is 13.7. The van der Waals surface area contributed by atoms with E-state index in [2.05, 4.69) is 5.32 Å². The van der Waals surface area contributed by atoms with Crippen LogP contribution in [0.1, 0.15) is 18.5 Å². The minimum Gasteiger partial charge on any atom is -0.505 e. The lowest BCUT2D eigenvalue weighted by Crippen LogP contribution is -2.44. The number of nitrogens with zero attached hydrogens (tertiary/aromatic N) is 1. The highest BCUT2D eigenvalue weighted by atomic mass is 35.5. The summed E-state index contributed by atoms with van der Waals surface area (Å²) in [6, 6.07) is 1.68. The van der Waals surface area contributed by atoms with Crippen molar-refractivity contribution in [1.29, 1.82) is 0 Å². The van der Waals surface area contributed by atoms with E-state index in [1.807, 2.05) is 4.90 Å². The molecule has 1 aromatic carbocycles. The number of aromatic hydroxyl groups is 1. The number of halogens is 4. The van der Waals surface area contributed by atoms with Crippen LogP contribution in [0.3, 0.4) is 0 Å². The van der Waals surface area contributed by atoms with E-state index in [4.69, 9.17) is 0 Å². The number of piperazine rings is 1. The first kappa shape index (κ1) is 18.4. The molecule has 0 aromatic heterocycles. The fourth-order valence-corrected chi connectivity index (χ4v) is 2.21. The van der Waals surface area contributed by atoms with Gasteiger partial charge >= 0.3 is 0 Å². The Labute approximate surface area is 123 Å². The Bertz CT molecular complexity index is 415. The van der Waals surface area contributed by atoms with Gasteiger partial charge in [-0.2, -0.15) is 0 Å². The molecule has 1 atom stereocenters. The number of rotatable bonds is 2. The summed E-state index contributed by atoms with van der Waals surface area (Å²) >= 11 is 0. The van der Waals surface area contributed by atoms with Crippen LogP contribution in [0.2, 0.25) is 0 Å². The maximum atomic E-state index is 13.7. The van der Waals surface area contributed by atoms with Gasteiger partial charge < -0.3 is 10.4 Å². The minimum atomic E-state index is -0.775. The highest BCUT2D eigenvalue weighted by Gasteiger charge is 2.24. The van der Waals surface area contributed by atoms with Crippen molar-refractivity contribution in [1.82, 2.24) is 10.2 Å². The first-order valence-corrected chi connectivity index (χ1v) is 5.73. The van der Waals surface area contributed by atoms with Crippen molar-refractivity contribution in [2.24, 2.45) is 0 Å². The Hall–Kier alpha value is -0.620. The van der Waals surface area contributed by atoms with Gasteiger partial charge in [0.05, 0.1) is 0 Å². The van der Waals surface area contributed by atoms with Crippen LogP contribution in [0.5, 0.6) is 5.75 Å². The van der Waals surface area contributed by atoms with Crippen molar-refractivity contribution in [2.45, 2.75) is 13.0 Å². The van der Waals surface area contributed by atoms with Crippen LogP contribution in [0.25, 0.3) is 0 Å². The van der Waals surface area contributed by atoms with Crippen molar-refractivity contribution < 1.29 is 13.9 Å². The van der Waals surface area contributed by atoms with Crippen molar-refractivity contribution in [3.05, 3.63) is 29.3 Å². The number of hydrogen-bond acceptors (Lipinski definition) is 3. The Morgan fingerprint density at radius 1 is 1.16 bits per heavy atom. The van der Waals surface area contributed by atoms with Crippen LogP contribution in [0, 0.1) is 11.6 Å². The van der Waals surface area contributed by atoms with E-state index in [1.165, 1.54) is 0 Å². The molecule has 0 amide bonds. The Balaban J connectivity index is 0.00000162. The SMILES string of the molecule is C[C@@H](c1c(F)ccc(F)c1O)N1CCNCC1.Cl.Cl. The number of nitrogens with one attached hydrogen (secondary N) is 1. The summed E-state index contributed by atoms with van der Waals surface area (Å²) in [7, 11) is 0. The molecule has 0 unspecified atom stereocenters. The monoisotopic (exact) mass is 314 g/mol. The van der Waals surface area contributed by atoms with Gasteiger partial charge in [-0.1, -0.05) is 0 Å². The van der Waals surface area contributed by atoms with Crippen LogP contribution in [-0.4, -0.2) is 36.2 Å². The Morgan fingerprint density at radius 3 is 2.26 bits per heavy atom. The summed E-state index contributed by atoms with van der Waals surface area (Å²) in [6.07, 6.45) is 0. The van der Waals surface area contributed by atoms with Crippen molar-refractivity contribution in [3.8, 4) is 5.75 Å². The maximum Gasteiger partial charge on any atom is 0.165 e. The summed E-state index contributed by atoms with van der Waals surface area (Å²) in [5.41, 5.74) is 0.0481. The Morgan fingerprint density at radius 2 is 1.68 bits per heavy atom. The second-order valence-corrected chi connectivity index (χ2v) is 4.25. The predicted octanol–water partition coefficient (Wildman–Crippen LogP) is 2.48. The first-order valence-electron chi connectivity index (χ1n) is 5.73. The third kappa shape index (κ3) is 3.92. The van der Waals surface area contributed by atoms with Gasteiger partial charge in [-0.25, -0.2) is 8.78 Å². The molecule has 0 aliphatic carbocycles. The fraction of sp³-hybridized carbons (Fsp3) is 0.500. The molecular weight excluding hydrogens is 297 g/mol. The van der Waals surface area contributed by atoms with Gasteiger partial charge in [0.2, 0.25) is 0 Å². The predicted molar refractivity (Wildman–Crippen MR) is 75.4 cm³/mol. The molecule has 2 rings (SSSR count). The molecular formula is C12H18Cl2F2N2O. The quantitative estimate of drug-likeness (QED) is 0.880. The number of benzene rings is 1. The minimum absolute atomic E-state index is 0. The lowest BCUT2D eigenvalue weighted by Gasteiger charge is -2.33. The van der Waals surface area contributed by atoms with E-state index in [1.54, 1.807) is 6.92 Å². The van der Waals surface area contributed by atoms with Crippen LogP contribution in [0.15, 0.2) is 12.1 Å². The molecule has 19 heavy (non-hydrogen) atoms. The molecule has 3 nitrogen and oxygen atoms in total. The second kappa shape index (κ2) is 7.85. The summed E-state index contributed by atoms with van der Waals surface area (Å²) in [6.45, 7) is 4.94. The molecule has 1 aliphatic rings. The third-order valence-electron chi connectivity index (χ3n) is 3.23. The number of hydrogen-bond donors (Lipinski definition) is 2. The van der Waals surface area contributed by atoms with Gasteiger partial charge in [0, 0.05) is 37.8 Å². The molecule has 1 aliphatic heterocycles. The van der Waals surface area contributed by atoms with Gasteiger partial charge in [0.25, 0.3) is 0 Å². The zero-order valence-corrected chi connectivity index (χ0v) is 12.2. The Kier molecular flexibility index (Phi) is 7.59. The molecule has 110 valence electrons. The lowest BCUT2D eigenvalue weighted by atomic mass is 10.0. The van der Waals surface area contributed by atoms with E-state index in [0.717, 1.165) is 38.3 Å². The summed E-state index contributed by atoms with van der Waals surface area (Å²) in [5, 5.41) is 12.8. The van der Waals surface area contributed by atoms with Gasteiger partial charge in [0.1, 0.15) is 5.82 Å². The highest BCUT2D eigenvalue weighted by Crippen LogP contribution is 2.32. The zero-order valence-electron chi connectivity index (χ0n) is 10.5. The number of phenolic OH excluding ortho intramolecular Hbond substituents is 1. The van der Waals surface area contributed by atoms with E-state index in [-0.39, 0.29) is 36.4 Å². The van der Waals surface area contributed by atoms with Crippen LogP contribution in [-0.2, 0) is 0 Å². The van der Waals surface area contributed by atoms with Crippen LogP contribution in [0.4, 0.5) is 8.78 Å². The molecule has 0 radical (unpaired) electrons. The number of phenols is 1. The summed E-state index contributed by atoms with van der Waals surface area (Å²) in [4.78, 5) is 2.02. The molecule has 1 fully saturated rings. The zero-order chi connectivity index (χ0) is 12.4. The first-order chi connectivity index (χ1) is 8.11. The molecule has 0 bridgehead atoms. The van der Waals surface area contributed by atoms with Crippen LogP contribution < -0.4 is 5.32 Å². The van der Waals surface area contributed by atoms with Gasteiger partial charge in [-0.15, -0.1) is 24.8 Å². The van der Waals surface area contributed by atoms with E-state index in [9.17, 15) is 13.9 Å². The summed E-state index contributed by atoms with van der Waals surface area (Å²) in [5.74, 6) is -1.91. The molecule has 1 heterocycles. The molecule has 1 aromatic rings. The van der Waals surface area contributed by atoms with Crippen LogP contribution >= 0.6 is 24.8 Å². The third-order valence-corrected chi connectivity index (χ3v) is 3.23. The molecule has 2 N–H and O–H groups in total. The van der Waals surface area contributed by atoms with Gasteiger partial charge in [-0.05, 0) is 19.1 Å². The molecule has 0 saturated carbocycles. The van der Waals surface area contributed by atoms with Crippen molar-refractivity contribution >= 4 is 24.8 Å². The lowest BCUT2D eigenvalue weighted by molar-refractivity contribution is 0.178. The largest absolute Gasteiger partial charge is 0.505 e. The van der Waals surface area contributed by atoms with Crippen molar-refractivity contribution in [3.63, 3.8) is 0 Å². The fourth-order valence-electron chi connectivity index (χ4n) is 2.21.